The molecule has 0 bridgehead atoms. The molecule has 2 rings (SSSR count). The molecule has 158 valence electrons. The molecule has 0 saturated carbocycles. The zero-order valence-corrected chi connectivity index (χ0v) is 17.0. The quantitative estimate of drug-likeness (QED) is 0.484. The van der Waals surface area contributed by atoms with Crippen LogP contribution in [0.25, 0.3) is 0 Å². The molecule has 0 aliphatic carbocycles. The number of esters is 1. The zero-order chi connectivity index (χ0) is 22.1. The van der Waals surface area contributed by atoms with Gasteiger partial charge in [-0.05, 0) is 30.3 Å². The molecule has 0 unspecified atom stereocenters. The maximum atomic E-state index is 12.8. The monoisotopic (exact) mass is 431 g/mol. The third-order valence-electron chi connectivity index (χ3n) is 3.84. The molecular weight excluding hydrogens is 410 g/mol. The van der Waals surface area contributed by atoms with Crippen LogP contribution in [0.15, 0.2) is 72.1 Å². The van der Waals surface area contributed by atoms with Crippen molar-refractivity contribution in [1.82, 2.24) is 10.6 Å². The summed E-state index contributed by atoms with van der Waals surface area (Å²) < 4.78 is 31.6. The lowest BCUT2D eigenvalue weighted by molar-refractivity contribution is -0.123. The molecular formula is C20H21N3O6S. The van der Waals surface area contributed by atoms with Gasteiger partial charge in [-0.2, -0.15) is 0 Å². The summed E-state index contributed by atoms with van der Waals surface area (Å²) in [7, 11) is -2.52. The molecule has 0 aromatic heterocycles. The van der Waals surface area contributed by atoms with Gasteiger partial charge in [0.1, 0.15) is 0 Å². The lowest BCUT2D eigenvalue weighted by atomic mass is 10.2. The minimum absolute atomic E-state index is 0.0542. The van der Waals surface area contributed by atoms with Gasteiger partial charge in [0.05, 0.1) is 16.1 Å². The predicted octanol–water partition coefficient (Wildman–Crippen LogP) is 1.68. The number of para-hydroxylation sites is 1. The van der Waals surface area contributed by atoms with E-state index in [1.165, 1.54) is 31.3 Å². The van der Waals surface area contributed by atoms with E-state index in [1.54, 1.807) is 30.3 Å². The van der Waals surface area contributed by atoms with Crippen LogP contribution in [0.1, 0.15) is 10.4 Å². The number of hydrogen-bond acceptors (Lipinski definition) is 6. The third-order valence-corrected chi connectivity index (χ3v) is 5.62. The van der Waals surface area contributed by atoms with Crippen molar-refractivity contribution < 1.29 is 27.5 Å². The Balaban J connectivity index is 2.05. The second-order valence-corrected chi connectivity index (χ2v) is 7.93. The van der Waals surface area contributed by atoms with Gasteiger partial charge < -0.3 is 10.1 Å². The van der Waals surface area contributed by atoms with Crippen LogP contribution in [-0.2, 0) is 19.6 Å². The maximum absolute atomic E-state index is 12.8. The van der Waals surface area contributed by atoms with Crippen LogP contribution in [0.3, 0.4) is 0 Å². The average Bonchev–Trinajstić information content (AvgIpc) is 2.76. The molecule has 0 spiro atoms. The number of carbonyl (C=O) groups excluding carboxylic acids is 3. The fourth-order valence-electron chi connectivity index (χ4n) is 2.30. The van der Waals surface area contributed by atoms with E-state index in [4.69, 9.17) is 4.74 Å². The van der Waals surface area contributed by atoms with E-state index in [0.29, 0.717) is 5.69 Å². The Labute approximate surface area is 174 Å². The van der Waals surface area contributed by atoms with Gasteiger partial charge in [0.15, 0.2) is 6.61 Å². The molecule has 0 atom stereocenters. The lowest BCUT2D eigenvalue weighted by Crippen LogP contribution is -2.41. The molecule has 0 aliphatic rings. The molecule has 0 fully saturated rings. The minimum atomic E-state index is -3.92. The van der Waals surface area contributed by atoms with Gasteiger partial charge in [-0.1, -0.05) is 30.3 Å². The first-order valence-electron chi connectivity index (χ1n) is 8.75. The van der Waals surface area contributed by atoms with Crippen molar-refractivity contribution in [3.8, 4) is 0 Å². The van der Waals surface area contributed by atoms with Gasteiger partial charge in [-0.15, -0.1) is 6.58 Å². The molecule has 0 aliphatic heterocycles. The number of carbonyl (C=O) groups is 3. The second-order valence-electron chi connectivity index (χ2n) is 5.96. The third kappa shape index (κ3) is 5.92. The number of urea groups is 1. The van der Waals surface area contributed by atoms with Gasteiger partial charge in [0.2, 0.25) is 0 Å². The van der Waals surface area contributed by atoms with Gasteiger partial charge in [-0.25, -0.2) is 18.0 Å². The van der Waals surface area contributed by atoms with E-state index in [9.17, 15) is 22.8 Å². The van der Waals surface area contributed by atoms with Gasteiger partial charge in [-0.3, -0.25) is 14.4 Å². The van der Waals surface area contributed by atoms with Crippen molar-refractivity contribution in [1.29, 1.82) is 0 Å². The number of sulfonamides is 1. The summed E-state index contributed by atoms with van der Waals surface area (Å²) in [5.74, 6) is -1.74. The fraction of sp³-hybridized carbons (Fsp3) is 0.150. The molecule has 2 aromatic carbocycles. The van der Waals surface area contributed by atoms with Crippen LogP contribution in [0, 0.1) is 0 Å². The Kier molecular flexibility index (Phi) is 7.70. The van der Waals surface area contributed by atoms with E-state index >= 15 is 0 Å². The van der Waals surface area contributed by atoms with Crippen molar-refractivity contribution in [3.05, 3.63) is 72.8 Å². The average molecular weight is 431 g/mol. The zero-order valence-electron chi connectivity index (χ0n) is 16.2. The largest absolute Gasteiger partial charge is 0.452 e. The number of benzene rings is 2. The van der Waals surface area contributed by atoms with Gasteiger partial charge in [0.25, 0.3) is 15.9 Å². The highest BCUT2D eigenvalue weighted by Gasteiger charge is 2.23. The number of rotatable bonds is 8. The summed E-state index contributed by atoms with van der Waals surface area (Å²) in [6.45, 7) is 2.87. The summed E-state index contributed by atoms with van der Waals surface area (Å²) in [6.07, 6.45) is 1.43. The van der Waals surface area contributed by atoms with E-state index < -0.39 is 34.5 Å². The molecule has 0 radical (unpaired) electrons. The number of ether oxygens (including phenoxy) is 1. The Bertz CT molecular complexity index is 1040. The summed E-state index contributed by atoms with van der Waals surface area (Å²) in [4.78, 5) is 35.1. The highest BCUT2D eigenvalue weighted by Crippen LogP contribution is 2.22. The highest BCUT2D eigenvalue weighted by atomic mass is 32.2. The molecule has 0 saturated heterocycles. The molecule has 2 aromatic rings. The summed E-state index contributed by atoms with van der Waals surface area (Å²) in [5.41, 5.74) is 0.401. The van der Waals surface area contributed by atoms with Crippen LogP contribution in [0.5, 0.6) is 0 Å². The van der Waals surface area contributed by atoms with Crippen LogP contribution in [0.4, 0.5) is 10.5 Å². The SMILES string of the molecule is C=CCNC(=O)NC(=O)COC(=O)c1cccc(S(=O)(=O)N(C)c2ccccc2)c1. The van der Waals surface area contributed by atoms with Crippen molar-refractivity contribution >= 4 is 33.6 Å². The molecule has 10 heteroatoms. The van der Waals surface area contributed by atoms with Crippen molar-refractivity contribution in [2.45, 2.75) is 4.90 Å². The highest BCUT2D eigenvalue weighted by molar-refractivity contribution is 7.92. The van der Waals surface area contributed by atoms with Crippen molar-refractivity contribution in [2.75, 3.05) is 24.5 Å². The Morgan fingerprint density at radius 3 is 2.47 bits per heavy atom. The van der Waals surface area contributed by atoms with Crippen molar-refractivity contribution in [2.24, 2.45) is 0 Å². The summed E-state index contributed by atoms with van der Waals surface area (Å²) in [5, 5.41) is 4.30. The molecule has 3 amide bonds. The Morgan fingerprint density at radius 1 is 1.10 bits per heavy atom. The molecule has 2 N–H and O–H groups in total. The summed E-state index contributed by atoms with van der Waals surface area (Å²) >= 11 is 0. The Hall–Kier alpha value is -3.66. The first kappa shape index (κ1) is 22.6. The minimum Gasteiger partial charge on any atom is -0.452 e. The topological polar surface area (TPSA) is 122 Å². The Morgan fingerprint density at radius 2 is 1.80 bits per heavy atom. The normalized spacial score (nSPS) is 10.6. The van der Waals surface area contributed by atoms with E-state index in [1.807, 2.05) is 5.32 Å². The standard InChI is InChI=1S/C20H21N3O6S/c1-3-12-21-20(26)22-18(24)14-29-19(25)15-8-7-11-17(13-15)30(27,28)23(2)16-9-5-4-6-10-16/h3-11,13H,1,12,14H2,2H3,(H2,21,22,24,26). The van der Waals surface area contributed by atoms with E-state index in [2.05, 4.69) is 11.9 Å². The number of nitrogens with one attached hydrogen (secondary N) is 2. The number of hydrogen-bond donors (Lipinski definition) is 2. The predicted molar refractivity (Wildman–Crippen MR) is 110 cm³/mol. The number of nitrogens with zero attached hydrogens (tertiary/aromatic N) is 1. The van der Waals surface area contributed by atoms with Crippen LogP contribution in [0.2, 0.25) is 0 Å². The fourth-order valence-corrected chi connectivity index (χ4v) is 3.55. The first-order chi connectivity index (χ1) is 14.3. The smallest absolute Gasteiger partial charge is 0.338 e. The van der Waals surface area contributed by atoms with Crippen LogP contribution < -0.4 is 14.9 Å². The first-order valence-corrected chi connectivity index (χ1v) is 10.2. The van der Waals surface area contributed by atoms with Gasteiger partial charge in [0, 0.05) is 13.6 Å². The van der Waals surface area contributed by atoms with Gasteiger partial charge >= 0.3 is 12.0 Å². The number of amides is 3. The molecule has 30 heavy (non-hydrogen) atoms. The number of imide groups is 1. The molecule has 0 heterocycles. The van der Waals surface area contributed by atoms with Crippen LogP contribution >= 0.6 is 0 Å². The maximum Gasteiger partial charge on any atom is 0.338 e. The lowest BCUT2D eigenvalue weighted by Gasteiger charge is -2.19. The van der Waals surface area contributed by atoms with E-state index in [-0.39, 0.29) is 17.0 Å². The van der Waals surface area contributed by atoms with Crippen LogP contribution in [-0.4, -0.2) is 46.5 Å². The summed E-state index contributed by atoms with van der Waals surface area (Å²) in [6, 6.07) is 13.0. The van der Waals surface area contributed by atoms with E-state index in [0.717, 1.165) is 10.4 Å². The number of anilines is 1. The second kappa shape index (κ2) is 10.2. The van der Waals surface area contributed by atoms with Crippen molar-refractivity contribution in [3.63, 3.8) is 0 Å². The molecule has 9 nitrogen and oxygen atoms in total.